The van der Waals surface area contributed by atoms with Gasteiger partial charge in [0.1, 0.15) is 5.75 Å². The molecule has 1 aromatic carbocycles. The Morgan fingerprint density at radius 3 is 2.39 bits per heavy atom. The summed E-state index contributed by atoms with van der Waals surface area (Å²) in [5.74, 6) is 0.558. The maximum Gasteiger partial charge on any atom is 0.277 e. The molecule has 8 nitrogen and oxygen atoms in total. The zero-order valence-electron chi connectivity index (χ0n) is 16.3. The van der Waals surface area contributed by atoms with Gasteiger partial charge in [-0.2, -0.15) is 0 Å². The highest BCUT2D eigenvalue weighted by atomic mass is 16.5. The predicted molar refractivity (Wildman–Crippen MR) is 101 cm³/mol. The molecular formula is C20H28N3O5+. The monoisotopic (exact) mass is 390 g/mol. The van der Waals surface area contributed by atoms with E-state index in [-0.39, 0.29) is 24.2 Å². The van der Waals surface area contributed by atoms with E-state index >= 15 is 0 Å². The van der Waals surface area contributed by atoms with E-state index in [1.807, 2.05) is 4.90 Å². The van der Waals surface area contributed by atoms with Crippen molar-refractivity contribution in [3.8, 4) is 5.75 Å². The van der Waals surface area contributed by atoms with Gasteiger partial charge in [0.25, 0.3) is 11.8 Å². The summed E-state index contributed by atoms with van der Waals surface area (Å²) in [6.45, 7) is 7.19. The fourth-order valence-electron chi connectivity index (χ4n) is 3.43. The summed E-state index contributed by atoms with van der Waals surface area (Å²) in [6.07, 6.45) is 0. The van der Waals surface area contributed by atoms with Crippen molar-refractivity contribution in [2.45, 2.75) is 6.92 Å². The Labute approximate surface area is 165 Å². The number of morpholine rings is 1. The van der Waals surface area contributed by atoms with E-state index in [4.69, 9.17) is 9.47 Å². The molecule has 0 unspecified atom stereocenters. The van der Waals surface area contributed by atoms with Crippen molar-refractivity contribution in [2.75, 3.05) is 65.6 Å². The van der Waals surface area contributed by atoms with Gasteiger partial charge in [0.15, 0.2) is 18.9 Å². The van der Waals surface area contributed by atoms with Crippen molar-refractivity contribution in [2.24, 2.45) is 0 Å². The van der Waals surface area contributed by atoms with Crippen molar-refractivity contribution >= 4 is 17.6 Å². The molecule has 1 aromatic rings. The van der Waals surface area contributed by atoms with E-state index in [9.17, 15) is 14.4 Å². The molecule has 0 atom stereocenters. The minimum atomic E-state index is -0.0771. The van der Waals surface area contributed by atoms with E-state index in [2.05, 4.69) is 0 Å². The quantitative estimate of drug-likeness (QED) is 0.621. The number of nitrogens with one attached hydrogen (secondary N) is 1. The number of ether oxygens (including phenoxy) is 2. The average Bonchev–Trinajstić information content (AvgIpc) is 2.73. The number of hydrogen-bond acceptors (Lipinski definition) is 5. The zero-order valence-corrected chi connectivity index (χ0v) is 16.3. The molecule has 0 spiro atoms. The molecule has 28 heavy (non-hydrogen) atoms. The number of amides is 2. The lowest BCUT2D eigenvalue weighted by atomic mass is 10.1. The second-order valence-electron chi connectivity index (χ2n) is 7.17. The number of nitrogens with zero attached hydrogens (tertiary/aromatic N) is 2. The number of rotatable bonds is 6. The Bertz CT molecular complexity index is 710. The Balaban J connectivity index is 1.40. The number of piperazine rings is 1. The predicted octanol–water partition coefficient (Wildman–Crippen LogP) is -1.15. The molecule has 0 aliphatic carbocycles. The number of carbonyl (C=O) groups excluding carboxylic acids is 3. The number of carbonyl (C=O) groups is 3. The molecule has 2 heterocycles. The Kier molecular flexibility index (Phi) is 7.00. The van der Waals surface area contributed by atoms with Crippen LogP contribution in [0.2, 0.25) is 0 Å². The first-order chi connectivity index (χ1) is 13.5. The van der Waals surface area contributed by atoms with Gasteiger partial charge in [-0.1, -0.05) is 12.1 Å². The molecule has 0 saturated carbocycles. The van der Waals surface area contributed by atoms with Gasteiger partial charge >= 0.3 is 0 Å². The van der Waals surface area contributed by atoms with Crippen LogP contribution < -0.4 is 9.64 Å². The molecule has 2 saturated heterocycles. The average molecular weight is 390 g/mol. The number of ketones is 1. The van der Waals surface area contributed by atoms with Crippen LogP contribution in [0.5, 0.6) is 5.75 Å². The molecule has 2 amide bonds. The summed E-state index contributed by atoms with van der Waals surface area (Å²) < 4.78 is 10.8. The van der Waals surface area contributed by atoms with Crippen molar-refractivity contribution in [1.29, 1.82) is 0 Å². The van der Waals surface area contributed by atoms with Gasteiger partial charge in [0.2, 0.25) is 0 Å². The first-order valence-corrected chi connectivity index (χ1v) is 9.73. The lowest BCUT2D eigenvalue weighted by Crippen LogP contribution is -3.15. The second-order valence-corrected chi connectivity index (χ2v) is 7.17. The fourth-order valence-corrected chi connectivity index (χ4v) is 3.43. The van der Waals surface area contributed by atoms with Gasteiger partial charge in [-0.25, -0.2) is 0 Å². The first kappa shape index (κ1) is 20.3. The summed E-state index contributed by atoms with van der Waals surface area (Å²) in [5.41, 5.74) is 0.562. The molecule has 0 aromatic heterocycles. The lowest BCUT2D eigenvalue weighted by Gasteiger charge is -2.33. The lowest BCUT2D eigenvalue weighted by molar-refractivity contribution is -0.896. The van der Waals surface area contributed by atoms with Crippen LogP contribution in [-0.4, -0.2) is 93.0 Å². The third-order valence-electron chi connectivity index (χ3n) is 5.19. The molecular weight excluding hydrogens is 362 g/mol. The van der Waals surface area contributed by atoms with Crippen LogP contribution >= 0.6 is 0 Å². The van der Waals surface area contributed by atoms with Gasteiger partial charge < -0.3 is 24.2 Å². The molecule has 3 rings (SSSR count). The molecule has 8 heteroatoms. The maximum atomic E-state index is 12.4. The van der Waals surface area contributed by atoms with Gasteiger partial charge in [-0.15, -0.1) is 0 Å². The summed E-state index contributed by atoms with van der Waals surface area (Å²) in [4.78, 5) is 41.0. The maximum absolute atomic E-state index is 12.4. The van der Waals surface area contributed by atoms with Crippen LogP contribution in [0, 0.1) is 0 Å². The third kappa shape index (κ3) is 5.53. The highest BCUT2D eigenvalue weighted by Crippen LogP contribution is 2.13. The molecule has 1 N–H and O–H groups in total. The van der Waals surface area contributed by atoms with Crippen molar-refractivity contribution in [1.82, 2.24) is 9.80 Å². The van der Waals surface area contributed by atoms with Crippen molar-refractivity contribution < 1.29 is 28.8 Å². The summed E-state index contributed by atoms with van der Waals surface area (Å²) in [6, 6.07) is 6.84. The SMILES string of the molecule is CC(=O)c1cccc(OCC(=O)N2CC[NH+](CC(=O)N3CCOCC3)CC2)c1. The van der Waals surface area contributed by atoms with Crippen LogP contribution in [-0.2, 0) is 14.3 Å². The van der Waals surface area contributed by atoms with E-state index < -0.39 is 0 Å². The van der Waals surface area contributed by atoms with E-state index in [0.717, 1.165) is 13.1 Å². The number of hydrogen-bond donors (Lipinski definition) is 1. The molecule has 2 aliphatic heterocycles. The Morgan fingerprint density at radius 1 is 1.04 bits per heavy atom. The zero-order chi connectivity index (χ0) is 19.9. The summed E-state index contributed by atoms with van der Waals surface area (Å²) in [7, 11) is 0. The summed E-state index contributed by atoms with van der Waals surface area (Å²) in [5, 5.41) is 0. The number of quaternary nitrogens is 1. The van der Waals surface area contributed by atoms with Gasteiger partial charge in [-0.05, 0) is 19.1 Å². The van der Waals surface area contributed by atoms with Crippen LogP contribution in [0.15, 0.2) is 24.3 Å². The van der Waals surface area contributed by atoms with E-state index in [1.165, 1.54) is 11.8 Å². The smallest absolute Gasteiger partial charge is 0.277 e. The van der Waals surface area contributed by atoms with Crippen LogP contribution in [0.25, 0.3) is 0 Å². The minimum Gasteiger partial charge on any atom is -0.484 e. The van der Waals surface area contributed by atoms with E-state index in [1.54, 1.807) is 29.2 Å². The van der Waals surface area contributed by atoms with Crippen LogP contribution in [0.3, 0.4) is 0 Å². The third-order valence-corrected chi connectivity index (χ3v) is 5.19. The number of Topliss-reactive ketones (excluding diaryl/α,β-unsaturated/α-hetero) is 1. The highest BCUT2D eigenvalue weighted by Gasteiger charge is 2.27. The first-order valence-electron chi connectivity index (χ1n) is 9.73. The Hall–Kier alpha value is -2.45. The second kappa shape index (κ2) is 9.66. The van der Waals surface area contributed by atoms with Crippen LogP contribution in [0.1, 0.15) is 17.3 Å². The topological polar surface area (TPSA) is 80.6 Å². The number of benzene rings is 1. The van der Waals surface area contributed by atoms with E-state index in [0.29, 0.717) is 57.3 Å². The molecule has 152 valence electrons. The molecule has 2 aliphatic rings. The molecule has 0 radical (unpaired) electrons. The van der Waals surface area contributed by atoms with Crippen molar-refractivity contribution in [3.05, 3.63) is 29.8 Å². The normalized spacial score (nSPS) is 18.0. The van der Waals surface area contributed by atoms with Crippen LogP contribution in [0.4, 0.5) is 0 Å². The molecule has 2 fully saturated rings. The highest BCUT2D eigenvalue weighted by molar-refractivity contribution is 5.94. The van der Waals surface area contributed by atoms with Gasteiger partial charge in [-0.3, -0.25) is 14.4 Å². The largest absolute Gasteiger partial charge is 0.484 e. The van der Waals surface area contributed by atoms with Crippen molar-refractivity contribution in [3.63, 3.8) is 0 Å². The Morgan fingerprint density at radius 2 is 1.71 bits per heavy atom. The van der Waals surface area contributed by atoms with Gasteiger partial charge in [0.05, 0.1) is 39.4 Å². The minimum absolute atomic E-state index is 0.0394. The molecule has 0 bridgehead atoms. The summed E-state index contributed by atoms with van der Waals surface area (Å²) >= 11 is 0. The fraction of sp³-hybridized carbons (Fsp3) is 0.550. The van der Waals surface area contributed by atoms with Gasteiger partial charge in [0, 0.05) is 18.7 Å². The standard InChI is InChI=1S/C20H27N3O5/c1-16(24)17-3-2-4-18(13-17)28-15-20(26)22-7-5-21(6-8-22)14-19(25)23-9-11-27-12-10-23/h2-4,13H,5-12,14-15H2,1H3/p+1.